The predicted molar refractivity (Wildman–Crippen MR) is 112 cm³/mol. The van der Waals surface area contributed by atoms with Gasteiger partial charge in [-0.2, -0.15) is 0 Å². The summed E-state index contributed by atoms with van der Waals surface area (Å²) in [5, 5.41) is 0. The van der Waals surface area contributed by atoms with Gasteiger partial charge in [0.15, 0.2) is 5.96 Å². The molecule has 2 fully saturated rings. The van der Waals surface area contributed by atoms with Gasteiger partial charge in [0.1, 0.15) is 0 Å². The van der Waals surface area contributed by atoms with Crippen LogP contribution in [0.4, 0.5) is 5.69 Å². The molecule has 3 rings (SSSR count). The Kier molecular flexibility index (Phi) is 7.16. The van der Waals surface area contributed by atoms with Crippen molar-refractivity contribution < 1.29 is 0 Å². The molecule has 5 nitrogen and oxygen atoms in total. The molecule has 134 valence electrons. The van der Waals surface area contributed by atoms with Gasteiger partial charge < -0.3 is 15.5 Å². The summed E-state index contributed by atoms with van der Waals surface area (Å²) in [6.45, 7) is 7.37. The normalized spacial score (nSPS) is 20.4. The van der Waals surface area contributed by atoms with Crippen molar-refractivity contribution in [3.8, 4) is 0 Å². The predicted octanol–water partition coefficient (Wildman–Crippen LogP) is 2.22. The molecule has 0 bridgehead atoms. The second-order valence-corrected chi connectivity index (χ2v) is 6.75. The summed E-state index contributed by atoms with van der Waals surface area (Å²) in [5.74, 6) is 0.697. The molecule has 1 saturated carbocycles. The summed E-state index contributed by atoms with van der Waals surface area (Å²) in [6.07, 6.45) is 2.51. The van der Waals surface area contributed by atoms with Gasteiger partial charge in [-0.15, -0.1) is 24.0 Å². The number of piperazine rings is 1. The van der Waals surface area contributed by atoms with Crippen LogP contribution in [-0.2, 0) is 0 Å². The van der Waals surface area contributed by atoms with E-state index in [-0.39, 0.29) is 24.0 Å². The smallest absolute Gasteiger partial charge is 0.191 e. The lowest BCUT2D eigenvalue weighted by molar-refractivity contribution is 0.201. The highest BCUT2D eigenvalue weighted by atomic mass is 127. The molecule has 2 aliphatic rings. The van der Waals surface area contributed by atoms with E-state index >= 15 is 0 Å². The molecule has 0 spiro atoms. The van der Waals surface area contributed by atoms with Crippen LogP contribution in [0.1, 0.15) is 19.8 Å². The van der Waals surface area contributed by atoms with Crippen LogP contribution in [0.3, 0.4) is 0 Å². The van der Waals surface area contributed by atoms with E-state index in [2.05, 4.69) is 64.0 Å². The molecule has 1 aliphatic carbocycles. The summed E-state index contributed by atoms with van der Waals surface area (Å²) in [4.78, 5) is 11.7. The van der Waals surface area contributed by atoms with Crippen molar-refractivity contribution in [2.24, 2.45) is 10.7 Å². The maximum atomic E-state index is 6.08. The Balaban J connectivity index is 0.00000208. The zero-order chi connectivity index (χ0) is 16.2. The fraction of sp³-hybridized carbons (Fsp3) is 0.611. The number of rotatable bonds is 5. The van der Waals surface area contributed by atoms with E-state index in [4.69, 9.17) is 5.73 Å². The van der Waals surface area contributed by atoms with Gasteiger partial charge in [-0.05, 0) is 31.9 Å². The number of aliphatic imine (C=N–C) groups is 1. The van der Waals surface area contributed by atoms with E-state index in [1.165, 1.54) is 18.5 Å². The van der Waals surface area contributed by atoms with E-state index in [1.807, 2.05) is 0 Å². The van der Waals surface area contributed by atoms with Crippen LogP contribution in [0.2, 0.25) is 0 Å². The zero-order valence-corrected chi connectivity index (χ0v) is 17.1. The van der Waals surface area contributed by atoms with Gasteiger partial charge in [0, 0.05) is 51.0 Å². The number of nitrogens with two attached hydrogens (primary N) is 1. The van der Waals surface area contributed by atoms with Gasteiger partial charge in [-0.1, -0.05) is 18.2 Å². The molecule has 1 aromatic carbocycles. The van der Waals surface area contributed by atoms with Crippen LogP contribution in [0.15, 0.2) is 35.3 Å². The van der Waals surface area contributed by atoms with Gasteiger partial charge in [0.25, 0.3) is 0 Å². The van der Waals surface area contributed by atoms with Crippen LogP contribution in [-0.4, -0.2) is 67.6 Å². The van der Waals surface area contributed by atoms with Gasteiger partial charge in [0.2, 0.25) is 0 Å². The SMILES string of the molecule is CC(CN=C(N)N(C)C1CC1)N1CCN(c2ccccc2)CC1.I. The Morgan fingerprint density at radius 1 is 1.21 bits per heavy atom. The second kappa shape index (κ2) is 8.89. The fourth-order valence-corrected chi connectivity index (χ4v) is 3.16. The molecule has 0 amide bonds. The summed E-state index contributed by atoms with van der Waals surface area (Å²) >= 11 is 0. The number of halogens is 1. The lowest BCUT2D eigenvalue weighted by Gasteiger charge is -2.38. The van der Waals surface area contributed by atoms with Gasteiger partial charge in [-0.3, -0.25) is 9.89 Å². The van der Waals surface area contributed by atoms with Crippen LogP contribution < -0.4 is 10.6 Å². The Bertz CT molecular complexity index is 523. The summed E-state index contributed by atoms with van der Waals surface area (Å²) in [7, 11) is 2.06. The van der Waals surface area contributed by atoms with Gasteiger partial charge >= 0.3 is 0 Å². The van der Waals surface area contributed by atoms with Crippen molar-refractivity contribution in [3.05, 3.63) is 30.3 Å². The molecule has 1 atom stereocenters. The Morgan fingerprint density at radius 2 is 1.83 bits per heavy atom. The first kappa shape index (κ1) is 19.3. The van der Waals surface area contributed by atoms with Crippen molar-refractivity contribution in [2.45, 2.75) is 31.8 Å². The second-order valence-electron chi connectivity index (χ2n) is 6.75. The minimum atomic E-state index is 0. The molecule has 1 heterocycles. The molecular formula is C18H30IN5. The standard InChI is InChI=1S/C18H29N5.HI/c1-15(14-20-18(19)21(2)16-8-9-16)22-10-12-23(13-11-22)17-6-4-3-5-7-17;/h3-7,15-16H,8-14H2,1-2H3,(H2,19,20);1H. The highest BCUT2D eigenvalue weighted by Crippen LogP contribution is 2.24. The lowest BCUT2D eigenvalue weighted by atomic mass is 10.2. The van der Waals surface area contributed by atoms with E-state index in [1.54, 1.807) is 0 Å². The van der Waals surface area contributed by atoms with Gasteiger partial charge in [-0.25, -0.2) is 0 Å². The van der Waals surface area contributed by atoms with Gasteiger partial charge in [0.05, 0.1) is 6.54 Å². The molecule has 1 saturated heterocycles. The average molecular weight is 443 g/mol. The topological polar surface area (TPSA) is 48.1 Å². The van der Waals surface area contributed by atoms with Crippen molar-refractivity contribution in [3.63, 3.8) is 0 Å². The van der Waals surface area contributed by atoms with Crippen LogP contribution >= 0.6 is 24.0 Å². The maximum absolute atomic E-state index is 6.08. The fourth-order valence-electron chi connectivity index (χ4n) is 3.16. The van der Waals surface area contributed by atoms with E-state index < -0.39 is 0 Å². The Hall–Kier alpha value is -1.02. The monoisotopic (exact) mass is 443 g/mol. The van der Waals surface area contributed by atoms with E-state index in [0.717, 1.165) is 32.7 Å². The number of hydrogen-bond donors (Lipinski definition) is 1. The molecule has 2 N–H and O–H groups in total. The maximum Gasteiger partial charge on any atom is 0.191 e. The molecular weight excluding hydrogens is 413 g/mol. The quantitative estimate of drug-likeness (QED) is 0.431. The largest absolute Gasteiger partial charge is 0.370 e. The number of hydrogen-bond acceptors (Lipinski definition) is 3. The number of nitrogens with zero attached hydrogens (tertiary/aromatic N) is 4. The average Bonchev–Trinajstić information content (AvgIpc) is 3.44. The zero-order valence-electron chi connectivity index (χ0n) is 14.8. The van der Waals surface area contributed by atoms with E-state index in [9.17, 15) is 0 Å². The first-order chi connectivity index (χ1) is 11.1. The molecule has 1 aromatic rings. The number of anilines is 1. The first-order valence-corrected chi connectivity index (χ1v) is 8.72. The minimum Gasteiger partial charge on any atom is -0.370 e. The Labute approximate surface area is 162 Å². The lowest BCUT2D eigenvalue weighted by Crippen LogP contribution is -2.50. The number of benzene rings is 1. The molecule has 1 unspecified atom stereocenters. The van der Waals surface area contributed by atoms with Crippen LogP contribution in [0.5, 0.6) is 0 Å². The third-order valence-corrected chi connectivity index (χ3v) is 5.03. The molecule has 24 heavy (non-hydrogen) atoms. The first-order valence-electron chi connectivity index (χ1n) is 8.72. The van der Waals surface area contributed by atoms with Crippen molar-refractivity contribution in [1.82, 2.24) is 9.80 Å². The third kappa shape index (κ3) is 4.99. The molecule has 1 aliphatic heterocycles. The van der Waals surface area contributed by atoms with Crippen molar-refractivity contribution in [1.29, 1.82) is 0 Å². The molecule has 0 aromatic heterocycles. The number of guanidine groups is 1. The summed E-state index contributed by atoms with van der Waals surface area (Å²) < 4.78 is 0. The number of para-hydroxylation sites is 1. The van der Waals surface area contributed by atoms with Crippen molar-refractivity contribution in [2.75, 3.05) is 44.7 Å². The summed E-state index contributed by atoms with van der Waals surface area (Å²) in [6, 6.07) is 11.7. The van der Waals surface area contributed by atoms with E-state index in [0.29, 0.717) is 18.0 Å². The van der Waals surface area contributed by atoms with Crippen LogP contribution in [0, 0.1) is 0 Å². The molecule has 0 radical (unpaired) electrons. The van der Waals surface area contributed by atoms with Crippen LogP contribution in [0.25, 0.3) is 0 Å². The minimum absolute atomic E-state index is 0. The summed E-state index contributed by atoms with van der Waals surface area (Å²) in [5.41, 5.74) is 7.41. The third-order valence-electron chi connectivity index (χ3n) is 5.03. The highest BCUT2D eigenvalue weighted by Gasteiger charge is 2.27. The highest BCUT2D eigenvalue weighted by molar-refractivity contribution is 14.0. The Morgan fingerprint density at radius 3 is 2.42 bits per heavy atom. The molecule has 6 heteroatoms. The van der Waals surface area contributed by atoms with Crippen molar-refractivity contribution >= 4 is 35.6 Å².